The van der Waals surface area contributed by atoms with Gasteiger partial charge in [0.15, 0.2) is 12.3 Å². The van der Waals surface area contributed by atoms with E-state index in [2.05, 4.69) is 5.10 Å². The van der Waals surface area contributed by atoms with Crippen molar-refractivity contribution < 1.29 is 14.3 Å². The van der Waals surface area contributed by atoms with E-state index in [-0.39, 0.29) is 24.6 Å². The highest BCUT2D eigenvalue weighted by molar-refractivity contribution is 6.03. The third kappa shape index (κ3) is 4.20. The molecule has 0 radical (unpaired) electrons. The van der Waals surface area contributed by atoms with Gasteiger partial charge in [-0.25, -0.2) is 14.5 Å². The van der Waals surface area contributed by atoms with Gasteiger partial charge in [-0.3, -0.25) is 4.79 Å². The Morgan fingerprint density at radius 1 is 1.20 bits per heavy atom. The molecular weight excluding hydrogens is 380 g/mol. The summed E-state index contributed by atoms with van der Waals surface area (Å²) in [7, 11) is 0. The summed E-state index contributed by atoms with van der Waals surface area (Å²) in [6.07, 6.45) is 9.50. The van der Waals surface area contributed by atoms with Crippen LogP contribution in [0.5, 0.6) is 0 Å². The fourth-order valence-corrected chi connectivity index (χ4v) is 4.49. The lowest BCUT2D eigenvalue weighted by atomic mass is 9.94. The number of hydrogen-bond acceptors (Lipinski definition) is 5. The smallest absolute Gasteiger partial charge is 0.339 e. The van der Waals surface area contributed by atoms with Crippen molar-refractivity contribution in [3.63, 3.8) is 0 Å². The maximum absolute atomic E-state index is 13.0. The van der Waals surface area contributed by atoms with Gasteiger partial charge in [0, 0.05) is 30.2 Å². The van der Waals surface area contributed by atoms with E-state index in [0.29, 0.717) is 29.1 Å². The number of rotatable bonds is 7. The van der Waals surface area contributed by atoms with Crippen LogP contribution in [0.15, 0.2) is 12.3 Å². The number of carbonyl (C=O) groups is 2. The van der Waals surface area contributed by atoms with E-state index in [1.807, 2.05) is 36.4 Å². The molecule has 0 spiro atoms. The zero-order chi connectivity index (χ0) is 21.3. The largest absolute Gasteiger partial charge is 0.452 e. The Hall–Kier alpha value is -2.44. The summed E-state index contributed by atoms with van der Waals surface area (Å²) >= 11 is 0. The number of ether oxygens (including phenoxy) is 1. The number of esters is 1. The standard InChI is InChI=1S/C23H32N4O3/c1-4-26(17-8-6-5-7-9-17)21(28)14-30-23(29)18-12-20(16-10-11-16)25-22-19(18)13-24-27(22)15(2)3/h12-13,15-17H,4-11,14H2,1-3H3. The zero-order valence-electron chi connectivity index (χ0n) is 18.3. The van der Waals surface area contributed by atoms with E-state index in [4.69, 9.17) is 9.72 Å². The average molecular weight is 413 g/mol. The lowest BCUT2D eigenvalue weighted by Gasteiger charge is -2.33. The van der Waals surface area contributed by atoms with Gasteiger partial charge >= 0.3 is 5.97 Å². The Morgan fingerprint density at radius 2 is 1.93 bits per heavy atom. The molecule has 2 aromatic rings. The second-order valence-electron chi connectivity index (χ2n) is 8.84. The fraction of sp³-hybridized carbons (Fsp3) is 0.652. The molecule has 2 heterocycles. The molecular formula is C23H32N4O3. The van der Waals surface area contributed by atoms with E-state index < -0.39 is 5.97 Å². The number of aromatic nitrogens is 3. The second-order valence-corrected chi connectivity index (χ2v) is 8.84. The van der Waals surface area contributed by atoms with Gasteiger partial charge in [0.2, 0.25) is 0 Å². The van der Waals surface area contributed by atoms with Crippen LogP contribution in [-0.2, 0) is 9.53 Å². The van der Waals surface area contributed by atoms with Crippen LogP contribution >= 0.6 is 0 Å². The molecule has 7 heteroatoms. The molecule has 30 heavy (non-hydrogen) atoms. The van der Waals surface area contributed by atoms with E-state index in [9.17, 15) is 9.59 Å². The van der Waals surface area contributed by atoms with Crippen LogP contribution in [0.2, 0.25) is 0 Å². The molecule has 0 bridgehead atoms. The maximum atomic E-state index is 13.0. The number of carbonyl (C=O) groups excluding carboxylic acids is 2. The third-order valence-corrected chi connectivity index (χ3v) is 6.29. The molecule has 0 aromatic carbocycles. The molecule has 7 nitrogen and oxygen atoms in total. The Morgan fingerprint density at radius 3 is 2.57 bits per heavy atom. The number of amides is 1. The minimum atomic E-state index is -0.472. The van der Waals surface area contributed by atoms with E-state index in [1.54, 1.807) is 6.20 Å². The number of fused-ring (bicyclic) bond motifs is 1. The van der Waals surface area contributed by atoms with Gasteiger partial charge in [-0.1, -0.05) is 19.3 Å². The molecule has 2 aliphatic rings. The molecule has 162 valence electrons. The monoisotopic (exact) mass is 412 g/mol. The van der Waals surface area contributed by atoms with Crippen molar-refractivity contribution >= 4 is 22.9 Å². The van der Waals surface area contributed by atoms with Gasteiger partial charge in [-0.15, -0.1) is 0 Å². The Kier molecular flexibility index (Phi) is 6.06. The highest BCUT2D eigenvalue weighted by Gasteiger charge is 2.29. The number of nitrogens with zero attached hydrogens (tertiary/aromatic N) is 4. The molecule has 1 amide bonds. The topological polar surface area (TPSA) is 77.3 Å². The van der Waals surface area contributed by atoms with Crippen molar-refractivity contribution in [1.29, 1.82) is 0 Å². The first-order chi connectivity index (χ1) is 14.5. The number of likely N-dealkylation sites (N-methyl/N-ethyl adjacent to an activating group) is 1. The Balaban J connectivity index is 1.52. The summed E-state index contributed by atoms with van der Waals surface area (Å²) in [4.78, 5) is 32.4. The SMILES string of the molecule is CCN(C(=O)COC(=O)c1cc(C2CC2)nc2c1cnn2C(C)C)C1CCCCC1. The van der Waals surface area contributed by atoms with Gasteiger partial charge in [0.05, 0.1) is 17.1 Å². The summed E-state index contributed by atoms with van der Waals surface area (Å²) in [5, 5.41) is 5.11. The van der Waals surface area contributed by atoms with E-state index in [1.165, 1.54) is 6.42 Å². The van der Waals surface area contributed by atoms with Crippen LogP contribution in [0.4, 0.5) is 0 Å². The highest BCUT2D eigenvalue weighted by Crippen LogP contribution is 2.40. The van der Waals surface area contributed by atoms with Crippen molar-refractivity contribution in [2.75, 3.05) is 13.2 Å². The first kappa shape index (κ1) is 20.8. The summed E-state index contributed by atoms with van der Waals surface area (Å²) in [6, 6.07) is 2.24. The number of pyridine rings is 1. The van der Waals surface area contributed by atoms with Crippen molar-refractivity contribution in [3.8, 4) is 0 Å². The highest BCUT2D eigenvalue weighted by atomic mass is 16.5. The van der Waals surface area contributed by atoms with Crippen LogP contribution in [-0.4, -0.2) is 50.7 Å². The predicted molar refractivity (Wildman–Crippen MR) is 114 cm³/mol. The lowest BCUT2D eigenvalue weighted by molar-refractivity contribution is -0.137. The molecule has 0 unspecified atom stereocenters. The summed E-state index contributed by atoms with van der Waals surface area (Å²) < 4.78 is 7.34. The van der Waals surface area contributed by atoms with E-state index >= 15 is 0 Å². The summed E-state index contributed by atoms with van der Waals surface area (Å²) in [5.41, 5.74) is 2.09. The van der Waals surface area contributed by atoms with Gasteiger partial charge < -0.3 is 9.64 Å². The molecule has 2 aromatic heterocycles. The third-order valence-electron chi connectivity index (χ3n) is 6.29. The predicted octanol–water partition coefficient (Wildman–Crippen LogP) is 4.23. The molecule has 2 saturated carbocycles. The Bertz CT molecular complexity index is 926. The fourth-order valence-electron chi connectivity index (χ4n) is 4.49. The van der Waals surface area contributed by atoms with Crippen LogP contribution in [0.3, 0.4) is 0 Å². The molecule has 4 rings (SSSR count). The van der Waals surface area contributed by atoms with Gasteiger partial charge in [-0.05, 0) is 52.5 Å². The first-order valence-corrected chi connectivity index (χ1v) is 11.3. The molecule has 2 aliphatic carbocycles. The van der Waals surface area contributed by atoms with E-state index in [0.717, 1.165) is 44.2 Å². The summed E-state index contributed by atoms with van der Waals surface area (Å²) in [6.45, 7) is 6.50. The molecule has 0 aliphatic heterocycles. The minimum Gasteiger partial charge on any atom is -0.452 e. The van der Waals surface area contributed by atoms with Crippen LogP contribution in [0.25, 0.3) is 11.0 Å². The summed E-state index contributed by atoms with van der Waals surface area (Å²) in [5.74, 6) is -0.177. The van der Waals surface area contributed by atoms with Crippen LogP contribution < -0.4 is 0 Å². The first-order valence-electron chi connectivity index (χ1n) is 11.3. The average Bonchev–Trinajstić information content (AvgIpc) is 3.51. The lowest BCUT2D eigenvalue weighted by Crippen LogP contribution is -2.43. The van der Waals surface area contributed by atoms with Gasteiger partial charge in [0.25, 0.3) is 5.91 Å². The van der Waals surface area contributed by atoms with Crippen LogP contribution in [0.1, 0.15) is 93.7 Å². The van der Waals surface area contributed by atoms with Crippen molar-refractivity contribution in [1.82, 2.24) is 19.7 Å². The molecule has 0 N–H and O–H groups in total. The molecule has 0 atom stereocenters. The quantitative estimate of drug-likeness (QED) is 0.636. The maximum Gasteiger partial charge on any atom is 0.339 e. The van der Waals surface area contributed by atoms with Crippen molar-refractivity contribution in [2.24, 2.45) is 0 Å². The minimum absolute atomic E-state index is 0.108. The molecule has 2 fully saturated rings. The molecule has 0 saturated heterocycles. The van der Waals surface area contributed by atoms with Crippen molar-refractivity contribution in [3.05, 3.63) is 23.5 Å². The Labute approximate surface area is 177 Å². The van der Waals surface area contributed by atoms with Crippen molar-refractivity contribution in [2.45, 2.75) is 83.7 Å². The number of hydrogen-bond donors (Lipinski definition) is 0. The van der Waals surface area contributed by atoms with Crippen LogP contribution in [0, 0.1) is 0 Å². The second kappa shape index (κ2) is 8.74. The zero-order valence-corrected chi connectivity index (χ0v) is 18.3. The van der Waals surface area contributed by atoms with Gasteiger partial charge in [0.1, 0.15) is 0 Å². The normalized spacial score (nSPS) is 17.5. The van der Waals surface area contributed by atoms with Gasteiger partial charge in [-0.2, -0.15) is 5.10 Å².